The molecule has 1 aromatic carbocycles. The highest BCUT2D eigenvalue weighted by Crippen LogP contribution is 2.40. The molecule has 2 aromatic heterocycles. The zero-order valence-electron chi connectivity index (χ0n) is 19.3. The monoisotopic (exact) mass is 457 g/mol. The molecule has 1 aliphatic heterocycles. The Bertz CT molecular complexity index is 1210. The zero-order valence-corrected chi connectivity index (χ0v) is 19.3. The van der Waals surface area contributed by atoms with Crippen LogP contribution in [0.4, 0.5) is 0 Å². The van der Waals surface area contributed by atoms with E-state index in [1.165, 1.54) is 4.90 Å². The first kappa shape index (κ1) is 23.2. The highest BCUT2D eigenvalue weighted by molar-refractivity contribution is 6.46. The van der Waals surface area contributed by atoms with Crippen molar-refractivity contribution in [2.24, 2.45) is 0 Å². The van der Waals surface area contributed by atoms with Gasteiger partial charge in [-0.3, -0.25) is 19.6 Å². The Morgan fingerprint density at radius 3 is 2.56 bits per heavy atom. The van der Waals surface area contributed by atoms with Crippen molar-refractivity contribution in [2.45, 2.75) is 39.3 Å². The summed E-state index contributed by atoms with van der Waals surface area (Å²) in [6.45, 7) is 4.74. The first-order valence-corrected chi connectivity index (χ1v) is 11.3. The van der Waals surface area contributed by atoms with Crippen molar-refractivity contribution in [3.8, 4) is 5.75 Å². The largest absolute Gasteiger partial charge is 0.507 e. The Morgan fingerprint density at radius 2 is 1.88 bits per heavy atom. The second-order valence-electron chi connectivity index (χ2n) is 8.25. The lowest BCUT2D eigenvalue weighted by Crippen LogP contribution is -2.29. The summed E-state index contributed by atoms with van der Waals surface area (Å²) in [5, 5.41) is 11.3. The molecule has 7 heteroatoms. The number of pyridine rings is 2. The summed E-state index contributed by atoms with van der Waals surface area (Å²) >= 11 is 0. The highest BCUT2D eigenvalue weighted by Gasteiger charge is 2.46. The second-order valence-corrected chi connectivity index (χ2v) is 8.25. The highest BCUT2D eigenvalue weighted by atomic mass is 16.5. The minimum Gasteiger partial charge on any atom is -0.507 e. The third-order valence-corrected chi connectivity index (χ3v) is 5.86. The Labute approximate surface area is 198 Å². The molecule has 1 fully saturated rings. The van der Waals surface area contributed by atoms with Crippen molar-refractivity contribution >= 4 is 17.4 Å². The van der Waals surface area contributed by atoms with E-state index in [4.69, 9.17) is 4.74 Å². The maximum atomic E-state index is 13.2. The number of Topliss-reactive ketones (excluding diaryl/α,β-unsaturated/α-hetero) is 1. The smallest absolute Gasteiger partial charge is 0.295 e. The average Bonchev–Trinajstić information content (AvgIpc) is 3.10. The molecule has 0 bridgehead atoms. The lowest BCUT2D eigenvalue weighted by Gasteiger charge is -2.25. The molecule has 1 N–H and O–H groups in total. The van der Waals surface area contributed by atoms with Crippen LogP contribution in [0, 0.1) is 6.92 Å². The van der Waals surface area contributed by atoms with Gasteiger partial charge in [0.15, 0.2) is 0 Å². The minimum absolute atomic E-state index is 0.0582. The van der Waals surface area contributed by atoms with Gasteiger partial charge in [-0.05, 0) is 66.4 Å². The van der Waals surface area contributed by atoms with Gasteiger partial charge in [0.25, 0.3) is 11.7 Å². The van der Waals surface area contributed by atoms with Crippen LogP contribution in [0.2, 0.25) is 0 Å². The number of aromatic nitrogens is 2. The average molecular weight is 458 g/mol. The Balaban J connectivity index is 1.76. The van der Waals surface area contributed by atoms with Crippen molar-refractivity contribution in [3.05, 3.63) is 95.1 Å². The quantitative estimate of drug-likeness (QED) is 0.230. The van der Waals surface area contributed by atoms with Crippen LogP contribution in [0.5, 0.6) is 5.75 Å². The Kier molecular flexibility index (Phi) is 7.01. The number of rotatable bonds is 8. The van der Waals surface area contributed by atoms with Crippen LogP contribution in [0.15, 0.2) is 72.8 Å². The molecular weight excluding hydrogens is 430 g/mol. The van der Waals surface area contributed by atoms with Crippen LogP contribution in [0.25, 0.3) is 5.76 Å². The number of ether oxygens (including phenoxy) is 1. The van der Waals surface area contributed by atoms with E-state index in [9.17, 15) is 14.7 Å². The van der Waals surface area contributed by atoms with Crippen LogP contribution in [0.3, 0.4) is 0 Å². The molecular formula is C27H27N3O4. The number of unbranched alkanes of at least 4 members (excludes halogenated alkanes) is 1. The number of ketones is 1. The van der Waals surface area contributed by atoms with Gasteiger partial charge in [0, 0.05) is 36.9 Å². The van der Waals surface area contributed by atoms with Gasteiger partial charge in [-0.2, -0.15) is 0 Å². The van der Waals surface area contributed by atoms with Crippen molar-refractivity contribution in [2.75, 3.05) is 6.61 Å². The lowest BCUT2D eigenvalue weighted by molar-refractivity contribution is -0.140. The molecule has 3 aromatic rings. The molecule has 7 nitrogen and oxygen atoms in total. The second kappa shape index (κ2) is 10.3. The van der Waals surface area contributed by atoms with Gasteiger partial charge in [-0.1, -0.05) is 19.4 Å². The molecule has 4 rings (SSSR count). The van der Waals surface area contributed by atoms with Crippen LogP contribution >= 0.6 is 0 Å². The predicted octanol–water partition coefficient (Wildman–Crippen LogP) is 4.59. The SMILES string of the molecule is CCCCOc1ccc(C(O)=C2C(=O)C(=O)N(Cc3cccnc3)C2c2ccncc2)c(C)c1. The predicted molar refractivity (Wildman–Crippen MR) is 128 cm³/mol. The van der Waals surface area contributed by atoms with Crippen LogP contribution < -0.4 is 4.74 Å². The van der Waals surface area contributed by atoms with Gasteiger partial charge < -0.3 is 14.7 Å². The summed E-state index contributed by atoms with van der Waals surface area (Å²) in [6.07, 6.45) is 8.50. The first-order chi connectivity index (χ1) is 16.5. The number of hydrogen-bond acceptors (Lipinski definition) is 6. The fraction of sp³-hybridized carbons (Fsp3) is 0.259. The third kappa shape index (κ3) is 4.69. The van der Waals surface area contributed by atoms with Crippen molar-refractivity contribution in [1.29, 1.82) is 0 Å². The third-order valence-electron chi connectivity index (χ3n) is 5.86. The maximum Gasteiger partial charge on any atom is 0.295 e. The van der Waals surface area contributed by atoms with Crippen LogP contribution in [-0.2, 0) is 16.1 Å². The molecule has 0 aliphatic carbocycles. The van der Waals surface area contributed by atoms with Crippen molar-refractivity contribution in [3.63, 3.8) is 0 Å². The van der Waals surface area contributed by atoms with Gasteiger partial charge >= 0.3 is 0 Å². The maximum absolute atomic E-state index is 13.2. The van der Waals surface area contributed by atoms with E-state index in [1.54, 1.807) is 55.1 Å². The Morgan fingerprint density at radius 1 is 1.09 bits per heavy atom. The number of carbonyl (C=O) groups excluding carboxylic acids is 2. The van der Waals surface area contributed by atoms with Crippen LogP contribution in [0.1, 0.15) is 48.1 Å². The standard InChI is InChI=1S/C27H27N3O4/c1-3-4-14-34-21-7-8-22(18(2)15-21)25(31)23-24(20-9-12-28-13-10-20)30(27(33)26(23)32)17-19-6-5-11-29-16-19/h5-13,15-16,24,31H,3-4,14,17H2,1-2H3. The molecule has 174 valence electrons. The number of amides is 1. The number of hydrogen-bond donors (Lipinski definition) is 1. The fourth-order valence-electron chi connectivity index (χ4n) is 4.09. The number of carbonyl (C=O) groups is 2. The number of nitrogens with zero attached hydrogens (tertiary/aromatic N) is 3. The van der Waals surface area contributed by atoms with Gasteiger partial charge in [-0.25, -0.2) is 0 Å². The molecule has 1 atom stereocenters. The minimum atomic E-state index is -0.747. The van der Waals surface area contributed by atoms with E-state index in [1.807, 2.05) is 19.1 Å². The zero-order chi connectivity index (χ0) is 24.1. The van der Waals surface area contributed by atoms with E-state index in [2.05, 4.69) is 16.9 Å². The topological polar surface area (TPSA) is 92.6 Å². The number of aryl methyl sites for hydroxylation is 1. The number of aliphatic hydroxyl groups excluding tert-OH is 1. The van der Waals surface area contributed by atoms with E-state index < -0.39 is 17.7 Å². The normalized spacial score (nSPS) is 17.2. The van der Waals surface area contributed by atoms with Gasteiger partial charge in [0.2, 0.25) is 0 Å². The molecule has 0 radical (unpaired) electrons. The number of benzene rings is 1. The van der Waals surface area contributed by atoms with Crippen molar-refractivity contribution in [1.82, 2.24) is 14.9 Å². The van der Waals surface area contributed by atoms with E-state index >= 15 is 0 Å². The number of aliphatic hydroxyl groups is 1. The van der Waals surface area contributed by atoms with E-state index in [0.29, 0.717) is 23.5 Å². The Hall–Kier alpha value is -4.00. The summed E-state index contributed by atoms with van der Waals surface area (Å²) in [6, 6.07) is 11.7. The van der Waals surface area contributed by atoms with Gasteiger partial charge in [0.05, 0.1) is 18.2 Å². The summed E-state index contributed by atoms with van der Waals surface area (Å²) < 4.78 is 5.76. The molecule has 34 heavy (non-hydrogen) atoms. The molecule has 0 spiro atoms. The molecule has 1 saturated heterocycles. The summed E-state index contributed by atoms with van der Waals surface area (Å²) in [4.78, 5) is 35.9. The fourth-order valence-corrected chi connectivity index (χ4v) is 4.09. The number of likely N-dealkylation sites (tertiary alicyclic amines) is 1. The van der Waals surface area contributed by atoms with Crippen LogP contribution in [-0.4, -0.2) is 38.3 Å². The summed E-state index contributed by atoms with van der Waals surface area (Å²) in [5.41, 5.74) is 2.77. The molecule has 1 amide bonds. The summed E-state index contributed by atoms with van der Waals surface area (Å²) in [7, 11) is 0. The van der Waals surface area contributed by atoms with E-state index in [-0.39, 0.29) is 17.9 Å². The summed E-state index contributed by atoms with van der Waals surface area (Å²) in [5.74, 6) is -0.882. The van der Waals surface area contributed by atoms with Gasteiger partial charge in [-0.15, -0.1) is 0 Å². The van der Waals surface area contributed by atoms with E-state index in [0.717, 1.165) is 24.0 Å². The molecule has 3 heterocycles. The first-order valence-electron chi connectivity index (χ1n) is 11.3. The molecule has 0 saturated carbocycles. The molecule has 1 aliphatic rings. The van der Waals surface area contributed by atoms with Gasteiger partial charge in [0.1, 0.15) is 11.5 Å². The lowest BCUT2D eigenvalue weighted by atomic mass is 9.94. The molecule has 1 unspecified atom stereocenters. The van der Waals surface area contributed by atoms with Crippen molar-refractivity contribution < 1.29 is 19.4 Å².